The van der Waals surface area contributed by atoms with Crippen molar-refractivity contribution in [2.75, 3.05) is 26.1 Å². The summed E-state index contributed by atoms with van der Waals surface area (Å²) in [5.41, 5.74) is 1.36. The van der Waals surface area contributed by atoms with E-state index in [-0.39, 0.29) is 11.6 Å². The van der Waals surface area contributed by atoms with Crippen LogP contribution in [-0.4, -0.2) is 32.6 Å². The lowest BCUT2D eigenvalue weighted by Gasteiger charge is -2.12. The number of amides is 2. The molecule has 7 heteroatoms. The smallest absolute Gasteiger partial charge is 0.272 e. The molecular weight excluding hydrogens is 372 g/mol. The van der Waals surface area contributed by atoms with Gasteiger partial charge >= 0.3 is 0 Å². The SMILES string of the molecule is CCCOc1ccc(NC(=O)/C(=C\c2ccc(OC)c(OC)c2)NC(C)=O)cc1. The van der Waals surface area contributed by atoms with Gasteiger partial charge in [0.2, 0.25) is 5.91 Å². The fraction of sp³-hybridized carbons (Fsp3) is 0.273. The van der Waals surface area contributed by atoms with Gasteiger partial charge in [0.1, 0.15) is 11.4 Å². The van der Waals surface area contributed by atoms with Crippen LogP contribution in [0.25, 0.3) is 6.08 Å². The van der Waals surface area contributed by atoms with E-state index >= 15 is 0 Å². The van der Waals surface area contributed by atoms with Gasteiger partial charge in [-0.3, -0.25) is 9.59 Å². The second-order valence-corrected chi connectivity index (χ2v) is 6.18. The zero-order chi connectivity index (χ0) is 21.2. The van der Waals surface area contributed by atoms with Gasteiger partial charge in [-0.15, -0.1) is 0 Å². The van der Waals surface area contributed by atoms with E-state index < -0.39 is 5.91 Å². The van der Waals surface area contributed by atoms with Crippen molar-refractivity contribution in [3.63, 3.8) is 0 Å². The van der Waals surface area contributed by atoms with Crippen LogP contribution in [0.4, 0.5) is 5.69 Å². The molecule has 0 unspecified atom stereocenters. The van der Waals surface area contributed by atoms with E-state index in [9.17, 15) is 9.59 Å². The van der Waals surface area contributed by atoms with Gasteiger partial charge in [-0.2, -0.15) is 0 Å². The highest BCUT2D eigenvalue weighted by Gasteiger charge is 2.13. The minimum atomic E-state index is -0.447. The predicted molar refractivity (Wildman–Crippen MR) is 112 cm³/mol. The van der Waals surface area contributed by atoms with E-state index in [1.807, 2.05) is 6.92 Å². The highest BCUT2D eigenvalue weighted by Crippen LogP contribution is 2.28. The van der Waals surface area contributed by atoms with Crippen LogP contribution in [0.2, 0.25) is 0 Å². The molecule has 0 saturated carbocycles. The Morgan fingerprint density at radius 1 is 1.00 bits per heavy atom. The van der Waals surface area contributed by atoms with Crippen molar-refractivity contribution in [2.24, 2.45) is 0 Å². The lowest BCUT2D eigenvalue weighted by Crippen LogP contribution is -2.28. The Morgan fingerprint density at radius 2 is 1.69 bits per heavy atom. The number of anilines is 1. The molecule has 2 N–H and O–H groups in total. The van der Waals surface area contributed by atoms with Crippen molar-refractivity contribution in [2.45, 2.75) is 20.3 Å². The highest BCUT2D eigenvalue weighted by atomic mass is 16.5. The van der Waals surface area contributed by atoms with Gasteiger partial charge in [0.15, 0.2) is 11.5 Å². The Labute approximate surface area is 170 Å². The van der Waals surface area contributed by atoms with E-state index in [0.29, 0.717) is 29.4 Å². The second kappa shape index (κ2) is 10.8. The molecule has 2 aromatic rings. The molecule has 0 aliphatic rings. The average Bonchev–Trinajstić information content (AvgIpc) is 2.72. The summed E-state index contributed by atoms with van der Waals surface area (Å²) in [5, 5.41) is 5.34. The maximum absolute atomic E-state index is 12.7. The maximum Gasteiger partial charge on any atom is 0.272 e. The molecule has 154 valence electrons. The zero-order valence-electron chi connectivity index (χ0n) is 17.1. The Morgan fingerprint density at radius 3 is 2.28 bits per heavy atom. The van der Waals surface area contributed by atoms with E-state index in [4.69, 9.17) is 14.2 Å². The van der Waals surface area contributed by atoms with Gasteiger partial charge < -0.3 is 24.8 Å². The van der Waals surface area contributed by atoms with Gasteiger partial charge in [0, 0.05) is 12.6 Å². The summed E-state index contributed by atoms with van der Waals surface area (Å²) in [4.78, 5) is 24.3. The van der Waals surface area contributed by atoms with E-state index in [1.165, 1.54) is 14.0 Å². The number of hydrogen-bond acceptors (Lipinski definition) is 5. The van der Waals surface area contributed by atoms with Crippen LogP contribution in [0, 0.1) is 0 Å². The molecule has 2 amide bonds. The molecule has 0 aliphatic carbocycles. The van der Waals surface area contributed by atoms with Crippen molar-refractivity contribution in [1.29, 1.82) is 0 Å². The van der Waals surface area contributed by atoms with Crippen molar-refractivity contribution < 1.29 is 23.8 Å². The summed E-state index contributed by atoms with van der Waals surface area (Å²) < 4.78 is 16.0. The van der Waals surface area contributed by atoms with Crippen LogP contribution in [0.3, 0.4) is 0 Å². The molecule has 0 aromatic heterocycles. The van der Waals surface area contributed by atoms with Crippen LogP contribution in [0.1, 0.15) is 25.8 Å². The summed E-state index contributed by atoms with van der Waals surface area (Å²) in [6.07, 6.45) is 2.48. The molecule has 0 bridgehead atoms. The summed E-state index contributed by atoms with van der Waals surface area (Å²) in [6.45, 7) is 4.00. The van der Waals surface area contributed by atoms with Crippen LogP contribution in [0.5, 0.6) is 17.2 Å². The highest BCUT2D eigenvalue weighted by molar-refractivity contribution is 6.08. The summed E-state index contributed by atoms with van der Waals surface area (Å²) in [7, 11) is 3.07. The minimum absolute atomic E-state index is 0.107. The first-order valence-corrected chi connectivity index (χ1v) is 9.22. The van der Waals surface area contributed by atoms with E-state index in [2.05, 4.69) is 10.6 Å². The van der Waals surface area contributed by atoms with Crippen LogP contribution >= 0.6 is 0 Å². The molecule has 2 aromatic carbocycles. The largest absolute Gasteiger partial charge is 0.494 e. The Hall–Kier alpha value is -3.48. The number of carbonyl (C=O) groups excluding carboxylic acids is 2. The fourth-order valence-electron chi connectivity index (χ4n) is 2.51. The fourth-order valence-corrected chi connectivity index (χ4v) is 2.51. The first kappa shape index (κ1) is 21.8. The first-order chi connectivity index (χ1) is 14.0. The van der Waals surface area contributed by atoms with Gasteiger partial charge in [-0.05, 0) is 54.5 Å². The van der Waals surface area contributed by atoms with Crippen molar-refractivity contribution in [3.05, 3.63) is 53.7 Å². The minimum Gasteiger partial charge on any atom is -0.494 e. The molecular formula is C22H26N2O5. The van der Waals surface area contributed by atoms with Crippen molar-refractivity contribution in [1.82, 2.24) is 5.32 Å². The number of methoxy groups -OCH3 is 2. The standard InChI is InChI=1S/C22H26N2O5/c1-5-12-29-18-9-7-17(8-10-18)24-22(26)19(23-15(2)25)13-16-6-11-20(27-3)21(14-16)28-4/h6-11,13-14H,5,12H2,1-4H3,(H,23,25)(H,24,26)/b19-13+. The summed E-state index contributed by atoms with van der Waals surface area (Å²) in [5.74, 6) is 1.02. The second-order valence-electron chi connectivity index (χ2n) is 6.18. The molecule has 0 saturated heterocycles. The molecule has 2 rings (SSSR count). The van der Waals surface area contributed by atoms with Crippen molar-refractivity contribution >= 4 is 23.6 Å². The summed E-state index contributed by atoms with van der Waals surface area (Å²) in [6, 6.07) is 12.2. The zero-order valence-corrected chi connectivity index (χ0v) is 17.1. The topological polar surface area (TPSA) is 85.9 Å². The predicted octanol–water partition coefficient (Wildman–Crippen LogP) is 3.61. The number of ether oxygens (including phenoxy) is 3. The molecule has 7 nitrogen and oxygen atoms in total. The number of hydrogen-bond donors (Lipinski definition) is 2. The van der Waals surface area contributed by atoms with Gasteiger partial charge in [-0.25, -0.2) is 0 Å². The van der Waals surface area contributed by atoms with E-state index in [0.717, 1.165) is 12.2 Å². The van der Waals surface area contributed by atoms with Crippen LogP contribution < -0.4 is 24.8 Å². The van der Waals surface area contributed by atoms with Gasteiger partial charge in [0.25, 0.3) is 5.91 Å². The Bertz CT molecular complexity index is 875. The van der Waals surface area contributed by atoms with Crippen LogP contribution in [-0.2, 0) is 9.59 Å². The first-order valence-electron chi connectivity index (χ1n) is 9.22. The monoisotopic (exact) mass is 398 g/mol. The van der Waals surface area contributed by atoms with Crippen molar-refractivity contribution in [3.8, 4) is 17.2 Å². The van der Waals surface area contributed by atoms with E-state index in [1.54, 1.807) is 55.7 Å². The van der Waals surface area contributed by atoms with Crippen LogP contribution in [0.15, 0.2) is 48.2 Å². The molecule has 0 heterocycles. The maximum atomic E-state index is 12.7. The normalized spacial score (nSPS) is 10.8. The summed E-state index contributed by atoms with van der Waals surface area (Å²) >= 11 is 0. The lowest BCUT2D eigenvalue weighted by molar-refractivity contribution is -0.120. The molecule has 0 spiro atoms. The number of benzene rings is 2. The number of carbonyl (C=O) groups is 2. The Balaban J connectivity index is 2.21. The third-order valence-corrected chi connectivity index (χ3v) is 3.86. The van der Waals surface area contributed by atoms with Gasteiger partial charge in [0.05, 0.1) is 20.8 Å². The molecule has 29 heavy (non-hydrogen) atoms. The third kappa shape index (κ3) is 6.57. The molecule has 0 radical (unpaired) electrons. The Kier molecular flexibility index (Phi) is 8.09. The quantitative estimate of drug-likeness (QED) is 0.630. The third-order valence-electron chi connectivity index (χ3n) is 3.86. The average molecular weight is 398 g/mol. The number of rotatable bonds is 9. The number of nitrogens with one attached hydrogen (secondary N) is 2. The molecule has 0 atom stereocenters. The lowest BCUT2D eigenvalue weighted by atomic mass is 10.1. The molecule has 0 fully saturated rings. The van der Waals surface area contributed by atoms with Gasteiger partial charge in [-0.1, -0.05) is 13.0 Å². The molecule has 0 aliphatic heterocycles.